The van der Waals surface area contributed by atoms with Crippen LogP contribution in [0.5, 0.6) is 0 Å². The van der Waals surface area contributed by atoms with Gasteiger partial charge in [-0.3, -0.25) is 9.69 Å². The summed E-state index contributed by atoms with van der Waals surface area (Å²) >= 11 is 0. The number of aromatic nitrogens is 3. The fraction of sp³-hybridized carbons (Fsp3) is 0.391. The second-order valence-corrected chi connectivity index (χ2v) is 8.84. The van der Waals surface area contributed by atoms with Gasteiger partial charge in [0.15, 0.2) is 5.82 Å². The number of hydrogen-bond acceptors (Lipinski definition) is 6. The molecule has 9 nitrogen and oxygen atoms in total. The minimum Gasteiger partial charge on any atom is -0.443 e. The summed E-state index contributed by atoms with van der Waals surface area (Å²) in [6, 6.07) is 7.59. The number of amides is 2. The molecule has 1 atom stereocenters. The van der Waals surface area contributed by atoms with E-state index in [2.05, 4.69) is 15.3 Å². The van der Waals surface area contributed by atoms with Crippen molar-refractivity contribution in [2.45, 2.75) is 46.3 Å². The van der Waals surface area contributed by atoms with Crippen LogP contribution in [0.3, 0.4) is 0 Å². The van der Waals surface area contributed by atoms with Crippen molar-refractivity contribution < 1.29 is 14.3 Å². The van der Waals surface area contributed by atoms with Gasteiger partial charge in [-0.05, 0) is 44.9 Å². The van der Waals surface area contributed by atoms with Gasteiger partial charge in [-0.25, -0.2) is 14.8 Å². The molecule has 0 saturated heterocycles. The molecule has 1 aromatic carbocycles. The summed E-state index contributed by atoms with van der Waals surface area (Å²) in [5.41, 5.74) is 9.52. The Hall–Kier alpha value is -3.62. The van der Waals surface area contributed by atoms with Gasteiger partial charge in [-0.1, -0.05) is 18.2 Å². The van der Waals surface area contributed by atoms with Crippen LogP contribution in [0.1, 0.15) is 46.2 Å². The molecule has 32 heavy (non-hydrogen) atoms. The second kappa shape index (κ2) is 8.49. The first kappa shape index (κ1) is 23.1. The molecule has 0 saturated carbocycles. The molecule has 0 bridgehead atoms. The molecular weight excluding hydrogens is 408 g/mol. The topological polar surface area (TPSA) is 115 Å². The standard InChI is InChI=1S/C23H30N6O3/c1-13(26-14(2)30)15-9-8-10-16(11-15)17-19-18(25-12-28(19)6)21(27-20(17)24)29(7)22(31)32-23(3,4)5/h8-13H,1-7H3,(H2,24,27)(H,26,30). The lowest BCUT2D eigenvalue weighted by molar-refractivity contribution is -0.119. The minimum absolute atomic E-state index is 0.104. The molecule has 0 aliphatic carbocycles. The summed E-state index contributed by atoms with van der Waals surface area (Å²) in [5.74, 6) is 0.474. The van der Waals surface area contributed by atoms with Gasteiger partial charge in [-0.2, -0.15) is 0 Å². The van der Waals surface area contributed by atoms with Crippen molar-refractivity contribution in [1.82, 2.24) is 19.9 Å². The van der Waals surface area contributed by atoms with Crippen LogP contribution in [-0.4, -0.2) is 39.2 Å². The van der Waals surface area contributed by atoms with Crippen LogP contribution in [0.4, 0.5) is 16.4 Å². The van der Waals surface area contributed by atoms with E-state index in [1.54, 1.807) is 34.1 Å². The zero-order valence-corrected chi connectivity index (χ0v) is 19.6. The number of hydrogen-bond donors (Lipinski definition) is 2. The highest BCUT2D eigenvalue weighted by Gasteiger charge is 2.26. The molecule has 2 amide bonds. The number of anilines is 2. The Morgan fingerprint density at radius 3 is 2.59 bits per heavy atom. The lowest BCUT2D eigenvalue weighted by Gasteiger charge is -2.25. The van der Waals surface area contributed by atoms with Crippen LogP contribution in [0.2, 0.25) is 0 Å². The number of aryl methyl sites for hydroxylation is 1. The lowest BCUT2D eigenvalue weighted by atomic mass is 9.99. The van der Waals surface area contributed by atoms with Gasteiger partial charge in [0.1, 0.15) is 16.9 Å². The first-order valence-corrected chi connectivity index (χ1v) is 10.3. The molecule has 0 fully saturated rings. The Kier molecular flexibility index (Phi) is 6.11. The van der Waals surface area contributed by atoms with E-state index in [0.717, 1.165) is 16.6 Å². The average molecular weight is 439 g/mol. The van der Waals surface area contributed by atoms with Crippen molar-refractivity contribution in [3.63, 3.8) is 0 Å². The van der Waals surface area contributed by atoms with Crippen molar-refractivity contribution in [2.75, 3.05) is 17.7 Å². The normalized spacial score (nSPS) is 12.5. The molecule has 0 aliphatic heterocycles. The number of nitrogens with two attached hydrogens (primary N) is 1. The number of pyridine rings is 1. The minimum atomic E-state index is -0.648. The fourth-order valence-corrected chi connectivity index (χ4v) is 3.52. The van der Waals surface area contributed by atoms with E-state index in [-0.39, 0.29) is 17.8 Å². The molecule has 0 radical (unpaired) electrons. The summed E-state index contributed by atoms with van der Waals surface area (Å²) in [6.07, 6.45) is 1.11. The van der Waals surface area contributed by atoms with E-state index in [1.807, 2.05) is 42.8 Å². The Labute approximate surface area is 187 Å². The molecule has 2 heterocycles. The summed E-state index contributed by atoms with van der Waals surface area (Å²) in [6.45, 7) is 8.81. The van der Waals surface area contributed by atoms with Crippen LogP contribution >= 0.6 is 0 Å². The van der Waals surface area contributed by atoms with E-state index in [4.69, 9.17) is 10.5 Å². The van der Waals surface area contributed by atoms with Crippen molar-refractivity contribution in [1.29, 1.82) is 0 Å². The van der Waals surface area contributed by atoms with Crippen LogP contribution in [0, 0.1) is 0 Å². The predicted molar refractivity (Wildman–Crippen MR) is 125 cm³/mol. The first-order chi connectivity index (χ1) is 14.9. The molecule has 170 valence electrons. The summed E-state index contributed by atoms with van der Waals surface area (Å²) in [4.78, 5) is 34.4. The van der Waals surface area contributed by atoms with Gasteiger partial charge >= 0.3 is 6.09 Å². The van der Waals surface area contributed by atoms with Crippen LogP contribution in [-0.2, 0) is 16.6 Å². The number of nitrogens with one attached hydrogen (secondary N) is 1. The van der Waals surface area contributed by atoms with Crippen LogP contribution < -0.4 is 16.0 Å². The molecule has 3 aromatic rings. The maximum absolute atomic E-state index is 12.6. The molecular formula is C23H30N6O3. The SMILES string of the molecule is CC(=O)NC(C)c1cccc(-c2c(N)nc(N(C)C(=O)OC(C)(C)C)c3ncn(C)c23)c1. The summed E-state index contributed by atoms with van der Waals surface area (Å²) in [5, 5.41) is 2.89. The maximum Gasteiger partial charge on any atom is 0.415 e. The van der Waals surface area contributed by atoms with E-state index in [9.17, 15) is 9.59 Å². The third kappa shape index (κ3) is 4.66. The van der Waals surface area contributed by atoms with E-state index >= 15 is 0 Å². The van der Waals surface area contributed by atoms with Gasteiger partial charge in [-0.15, -0.1) is 0 Å². The highest BCUT2D eigenvalue weighted by atomic mass is 16.6. The van der Waals surface area contributed by atoms with Crippen LogP contribution in [0.15, 0.2) is 30.6 Å². The number of carbonyl (C=O) groups excluding carboxylic acids is 2. The quantitative estimate of drug-likeness (QED) is 0.640. The number of nitrogens with zero attached hydrogens (tertiary/aromatic N) is 4. The second-order valence-electron chi connectivity index (χ2n) is 8.84. The van der Waals surface area contributed by atoms with E-state index in [1.165, 1.54) is 11.8 Å². The number of nitrogen functional groups attached to an aromatic ring is 1. The maximum atomic E-state index is 12.6. The van der Waals surface area contributed by atoms with Gasteiger partial charge in [0, 0.05) is 21.0 Å². The smallest absolute Gasteiger partial charge is 0.415 e. The zero-order chi connectivity index (χ0) is 23.8. The number of imidazole rings is 1. The van der Waals surface area contributed by atoms with Gasteiger partial charge in [0.25, 0.3) is 0 Å². The highest BCUT2D eigenvalue weighted by molar-refractivity contribution is 6.05. The number of rotatable bonds is 4. The van der Waals surface area contributed by atoms with Crippen molar-refractivity contribution in [3.8, 4) is 11.1 Å². The summed E-state index contributed by atoms with van der Waals surface area (Å²) in [7, 11) is 3.44. The Balaban J connectivity index is 2.13. The lowest BCUT2D eigenvalue weighted by Crippen LogP contribution is -2.34. The zero-order valence-electron chi connectivity index (χ0n) is 19.6. The van der Waals surface area contributed by atoms with Crippen molar-refractivity contribution in [3.05, 3.63) is 36.2 Å². The number of carbonyl (C=O) groups is 2. The number of benzene rings is 1. The molecule has 0 spiro atoms. The molecule has 0 aliphatic rings. The third-order valence-electron chi connectivity index (χ3n) is 4.95. The molecule has 2 aromatic heterocycles. The number of ether oxygens (including phenoxy) is 1. The van der Waals surface area contributed by atoms with Crippen molar-refractivity contribution >= 4 is 34.7 Å². The summed E-state index contributed by atoms with van der Waals surface area (Å²) < 4.78 is 7.32. The van der Waals surface area contributed by atoms with Crippen molar-refractivity contribution in [2.24, 2.45) is 7.05 Å². The Morgan fingerprint density at radius 1 is 1.28 bits per heavy atom. The molecule has 3 rings (SSSR count). The average Bonchev–Trinajstić information content (AvgIpc) is 3.06. The largest absolute Gasteiger partial charge is 0.443 e. The van der Waals surface area contributed by atoms with E-state index in [0.29, 0.717) is 16.9 Å². The fourth-order valence-electron chi connectivity index (χ4n) is 3.52. The van der Waals surface area contributed by atoms with Gasteiger partial charge < -0.3 is 20.4 Å². The third-order valence-corrected chi connectivity index (χ3v) is 4.95. The monoisotopic (exact) mass is 438 g/mol. The Bertz CT molecular complexity index is 1180. The highest BCUT2D eigenvalue weighted by Crippen LogP contribution is 2.37. The van der Waals surface area contributed by atoms with Gasteiger partial charge in [0.2, 0.25) is 5.91 Å². The molecule has 3 N–H and O–H groups in total. The number of fused-ring (bicyclic) bond motifs is 1. The molecule has 9 heteroatoms. The first-order valence-electron chi connectivity index (χ1n) is 10.3. The molecule has 1 unspecified atom stereocenters. The van der Waals surface area contributed by atoms with Crippen LogP contribution in [0.25, 0.3) is 22.2 Å². The predicted octanol–water partition coefficient (Wildman–Crippen LogP) is 3.79. The van der Waals surface area contributed by atoms with E-state index < -0.39 is 11.7 Å². The van der Waals surface area contributed by atoms with Gasteiger partial charge in [0.05, 0.1) is 23.4 Å². The Morgan fingerprint density at radius 2 is 1.97 bits per heavy atom.